The third kappa shape index (κ3) is 9.14. The van der Waals surface area contributed by atoms with Crippen molar-refractivity contribution in [3.05, 3.63) is 0 Å². The second kappa shape index (κ2) is 7.86. The maximum absolute atomic E-state index is 9.98. The number of carbonyl (C=O) groups is 1. The predicted octanol–water partition coefficient (Wildman–Crippen LogP) is 2.28. The maximum Gasteiger partial charge on any atom is 0.505 e. The first-order valence-electron chi connectivity index (χ1n) is 4.64. The van der Waals surface area contributed by atoms with Crippen LogP contribution in [0.25, 0.3) is 0 Å². The minimum absolute atomic E-state index is 0.0749. The molecule has 0 aromatic heterocycles. The summed E-state index contributed by atoms with van der Waals surface area (Å²) in [6.45, 7) is 4.97. The molecule has 4 heteroatoms. The minimum Gasteiger partial charge on any atom is -0.450 e. The lowest BCUT2D eigenvalue weighted by Gasteiger charge is -2.11. The molecule has 0 aromatic rings. The van der Waals surface area contributed by atoms with Gasteiger partial charge in [0.1, 0.15) is 0 Å². The van der Waals surface area contributed by atoms with E-state index in [1.54, 1.807) is 0 Å². The van der Waals surface area contributed by atoms with Gasteiger partial charge in [-0.1, -0.05) is 13.3 Å². The highest BCUT2D eigenvalue weighted by molar-refractivity contribution is 5.56. The van der Waals surface area contributed by atoms with Gasteiger partial charge in [-0.3, -0.25) is 0 Å². The van der Waals surface area contributed by atoms with Crippen LogP contribution in [0.5, 0.6) is 0 Å². The lowest BCUT2D eigenvalue weighted by Crippen LogP contribution is -2.13. The van der Waals surface area contributed by atoms with E-state index in [0.717, 1.165) is 19.4 Å². The Morgan fingerprint density at radius 1 is 1.46 bits per heavy atom. The third-order valence-electron chi connectivity index (χ3n) is 1.65. The molecule has 1 atom stereocenters. The van der Waals surface area contributed by atoms with Gasteiger partial charge in [0.25, 0.3) is 0 Å². The molecule has 13 heavy (non-hydrogen) atoms. The molecule has 4 nitrogen and oxygen atoms in total. The van der Waals surface area contributed by atoms with Gasteiger partial charge in [0.15, 0.2) is 0 Å². The molecule has 0 aliphatic rings. The second-order valence-corrected chi connectivity index (χ2v) is 2.94. The summed E-state index contributed by atoms with van der Waals surface area (Å²) in [5.74, 6) is 0. The SMILES string of the molecule is CCCCOC(C)CCOC(=O)O. The zero-order valence-electron chi connectivity index (χ0n) is 8.28. The summed E-state index contributed by atoms with van der Waals surface area (Å²) in [6, 6.07) is 0. The van der Waals surface area contributed by atoms with Crippen molar-refractivity contribution in [3.63, 3.8) is 0 Å². The minimum atomic E-state index is -1.22. The quantitative estimate of drug-likeness (QED) is 0.494. The summed E-state index contributed by atoms with van der Waals surface area (Å²) in [5.41, 5.74) is 0. The molecule has 0 bridgehead atoms. The highest BCUT2D eigenvalue weighted by atomic mass is 16.7. The van der Waals surface area contributed by atoms with Crippen molar-refractivity contribution >= 4 is 6.16 Å². The van der Waals surface area contributed by atoms with E-state index >= 15 is 0 Å². The van der Waals surface area contributed by atoms with Crippen molar-refractivity contribution in [1.82, 2.24) is 0 Å². The van der Waals surface area contributed by atoms with Crippen LogP contribution in [0.1, 0.15) is 33.1 Å². The summed E-state index contributed by atoms with van der Waals surface area (Å²) in [4.78, 5) is 9.98. The van der Waals surface area contributed by atoms with Crippen LogP contribution in [0.15, 0.2) is 0 Å². The van der Waals surface area contributed by atoms with E-state index in [-0.39, 0.29) is 12.7 Å². The van der Waals surface area contributed by atoms with Gasteiger partial charge in [-0.05, 0) is 13.3 Å². The number of hydrogen-bond acceptors (Lipinski definition) is 3. The summed E-state index contributed by atoms with van der Waals surface area (Å²) in [5, 5.41) is 8.18. The normalized spacial score (nSPS) is 12.5. The number of carboxylic acid groups (broad SMARTS) is 1. The van der Waals surface area contributed by atoms with Gasteiger partial charge in [0.05, 0.1) is 12.7 Å². The van der Waals surface area contributed by atoms with Crippen LogP contribution in [-0.4, -0.2) is 30.6 Å². The molecule has 0 aliphatic heterocycles. The first kappa shape index (κ1) is 12.2. The molecule has 1 N–H and O–H groups in total. The van der Waals surface area contributed by atoms with Gasteiger partial charge < -0.3 is 14.6 Å². The van der Waals surface area contributed by atoms with Crippen LogP contribution in [0.4, 0.5) is 4.79 Å². The molecule has 0 amide bonds. The summed E-state index contributed by atoms with van der Waals surface area (Å²) in [7, 11) is 0. The van der Waals surface area contributed by atoms with Crippen LogP contribution in [0, 0.1) is 0 Å². The number of ether oxygens (including phenoxy) is 2. The van der Waals surface area contributed by atoms with Crippen LogP contribution in [0.3, 0.4) is 0 Å². The molecule has 0 heterocycles. The van der Waals surface area contributed by atoms with Crippen molar-refractivity contribution in [2.45, 2.75) is 39.2 Å². The van der Waals surface area contributed by atoms with Crippen LogP contribution in [-0.2, 0) is 9.47 Å². The van der Waals surface area contributed by atoms with Crippen LogP contribution >= 0.6 is 0 Å². The topological polar surface area (TPSA) is 55.8 Å². The Morgan fingerprint density at radius 3 is 2.69 bits per heavy atom. The van der Waals surface area contributed by atoms with Crippen molar-refractivity contribution in [2.75, 3.05) is 13.2 Å². The van der Waals surface area contributed by atoms with E-state index in [9.17, 15) is 4.79 Å². The third-order valence-corrected chi connectivity index (χ3v) is 1.65. The molecular formula is C9H18O4. The van der Waals surface area contributed by atoms with Crippen molar-refractivity contribution in [3.8, 4) is 0 Å². The Balaban J connectivity index is 3.19. The van der Waals surface area contributed by atoms with Crippen molar-refractivity contribution in [1.29, 1.82) is 0 Å². The lowest BCUT2D eigenvalue weighted by molar-refractivity contribution is 0.0330. The standard InChI is InChI=1S/C9H18O4/c1-3-4-6-12-8(2)5-7-13-9(10)11/h8H,3-7H2,1-2H3,(H,10,11). The lowest BCUT2D eigenvalue weighted by atomic mass is 10.3. The van der Waals surface area contributed by atoms with Gasteiger partial charge >= 0.3 is 6.16 Å². The molecule has 0 spiro atoms. The van der Waals surface area contributed by atoms with E-state index < -0.39 is 6.16 Å². The van der Waals surface area contributed by atoms with Gasteiger partial charge in [-0.25, -0.2) is 4.79 Å². The first-order valence-corrected chi connectivity index (χ1v) is 4.64. The second-order valence-electron chi connectivity index (χ2n) is 2.94. The molecule has 78 valence electrons. The molecule has 1 unspecified atom stereocenters. The van der Waals surface area contributed by atoms with Crippen molar-refractivity contribution < 1.29 is 19.4 Å². The first-order chi connectivity index (χ1) is 6.16. The molecule has 0 aromatic carbocycles. The van der Waals surface area contributed by atoms with Gasteiger partial charge in [0, 0.05) is 13.0 Å². The largest absolute Gasteiger partial charge is 0.505 e. The number of rotatable bonds is 7. The van der Waals surface area contributed by atoms with E-state index in [2.05, 4.69) is 11.7 Å². The fourth-order valence-corrected chi connectivity index (χ4v) is 0.824. The molecule has 0 fully saturated rings. The number of hydrogen-bond donors (Lipinski definition) is 1. The summed E-state index contributed by atoms with van der Waals surface area (Å²) < 4.78 is 9.75. The van der Waals surface area contributed by atoms with Gasteiger partial charge in [-0.2, -0.15) is 0 Å². The van der Waals surface area contributed by atoms with E-state index in [1.165, 1.54) is 0 Å². The van der Waals surface area contributed by atoms with Crippen molar-refractivity contribution in [2.24, 2.45) is 0 Å². The predicted molar refractivity (Wildman–Crippen MR) is 48.9 cm³/mol. The van der Waals surface area contributed by atoms with Crippen LogP contribution < -0.4 is 0 Å². The summed E-state index contributed by atoms with van der Waals surface area (Å²) >= 11 is 0. The molecule has 0 saturated carbocycles. The Labute approximate surface area is 78.8 Å². The smallest absolute Gasteiger partial charge is 0.450 e. The fraction of sp³-hybridized carbons (Fsp3) is 0.889. The Hall–Kier alpha value is -0.770. The highest BCUT2D eigenvalue weighted by Crippen LogP contribution is 2.00. The van der Waals surface area contributed by atoms with Gasteiger partial charge in [-0.15, -0.1) is 0 Å². The zero-order valence-corrected chi connectivity index (χ0v) is 8.28. The Bertz CT molecular complexity index is 136. The molecular weight excluding hydrogens is 172 g/mol. The summed E-state index contributed by atoms with van der Waals surface area (Å²) in [6.07, 6.45) is 1.63. The maximum atomic E-state index is 9.98. The Morgan fingerprint density at radius 2 is 2.15 bits per heavy atom. The Kier molecular flexibility index (Phi) is 7.39. The zero-order chi connectivity index (χ0) is 10.1. The molecule has 0 saturated heterocycles. The van der Waals surface area contributed by atoms with Gasteiger partial charge in [0.2, 0.25) is 0 Å². The number of unbranched alkanes of at least 4 members (excludes halogenated alkanes) is 1. The van der Waals surface area contributed by atoms with Crippen LogP contribution in [0.2, 0.25) is 0 Å². The van der Waals surface area contributed by atoms with E-state index in [4.69, 9.17) is 9.84 Å². The average molecular weight is 190 g/mol. The molecule has 0 aliphatic carbocycles. The monoisotopic (exact) mass is 190 g/mol. The molecule has 0 rings (SSSR count). The van der Waals surface area contributed by atoms with E-state index in [1.807, 2.05) is 6.92 Å². The average Bonchev–Trinajstić information content (AvgIpc) is 2.04. The fourth-order valence-electron chi connectivity index (χ4n) is 0.824. The van der Waals surface area contributed by atoms with E-state index in [0.29, 0.717) is 6.42 Å². The molecule has 0 radical (unpaired) electrons. The highest BCUT2D eigenvalue weighted by Gasteiger charge is 2.03.